The molecule has 1 N–H and O–H groups in total. The third-order valence-corrected chi connectivity index (χ3v) is 3.53. The summed E-state index contributed by atoms with van der Waals surface area (Å²) in [6, 6.07) is 15.4. The minimum absolute atomic E-state index is 0.00137. The number of nitrogens with zero attached hydrogens (tertiary/aromatic N) is 1. The molecule has 0 bridgehead atoms. The first kappa shape index (κ1) is 16.0. The van der Waals surface area contributed by atoms with Gasteiger partial charge in [0.1, 0.15) is 0 Å². The third kappa shape index (κ3) is 4.30. The monoisotopic (exact) mass is 295 g/mol. The van der Waals surface area contributed by atoms with Crippen LogP contribution in [0.15, 0.2) is 54.6 Å². The van der Waals surface area contributed by atoms with Crippen molar-refractivity contribution in [2.45, 2.75) is 6.92 Å². The standard InChI is InChI=1S/C19H21NO2/c1-15-3-8-17(9-4-15)19(22)12-7-16-5-10-18(11-6-16)20(2)13-14-21/h3-12,21H,13-14H2,1-2H3/b12-7+. The first-order chi connectivity index (χ1) is 10.6. The number of anilines is 1. The van der Waals surface area contributed by atoms with E-state index in [4.69, 9.17) is 5.11 Å². The van der Waals surface area contributed by atoms with Crippen LogP contribution in [0.4, 0.5) is 5.69 Å². The number of aliphatic hydroxyl groups excluding tert-OH is 1. The second-order valence-electron chi connectivity index (χ2n) is 5.30. The second-order valence-corrected chi connectivity index (χ2v) is 5.30. The highest BCUT2D eigenvalue weighted by atomic mass is 16.3. The third-order valence-electron chi connectivity index (χ3n) is 3.53. The van der Waals surface area contributed by atoms with Crippen molar-refractivity contribution in [2.24, 2.45) is 0 Å². The van der Waals surface area contributed by atoms with Crippen LogP contribution in [0.2, 0.25) is 0 Å². The van der Waals surface area contributed by atoms with Crippen molar-refractivity contribution in [2.75, 3.05) is 25.1 Å². The lowest BCUT2D eigenvalue weighted by atomic mass is 10.1. The quantitative estimate of drug-likeness (QED) is 0.656. The molecule has 0 aliphatic rings. The summed E-state index contributed by atoms with van der Waals surface area (Å²) in [6.07, 6.45) is 3.41. The van der Waals surface area contributed by atoms with Crippen LogP contribution in [-0.2, 0) is 0 Å². The Morgan fingerprint density at radius 3 is 2.32 bits per heavy atom. The maximum Gasteiger partial charge on any atom is 0.185 e. The maximum absolute atomic E-state index is 12.1. The Morgan fingerprint density at radius 2 is 1.73 bits per heavy atom. The summed E-state index contributed by atoms with van der Waals surface area (Å²) in [5.41, 5.74) is 3.85. The van der Waals surface area contributed by atoms with Gasteiger partial charge in [0.2, 0.25) is 0 Å². The fraction of sp³-hybridized carbons (Fsp3) is 0.211. The van der Waals surface area contributed by atoms with Gasteiger partial charge >= 0.3 is 0 Å². The maximum atomic E-state index is 12.1. The molecule has 0 amide bonds. The molecule has 0 saturated carbocycles. The highest BCUT2D eigenvalue weighted by Gasteiger charge is 2.01. The predicted octanol–water partition coefficient (Wildman–Crippen LogP) is 3.32. The fourth-order valence-corrected chi connectivity index (χ4v) is 2.10. The van der Waals surface area contributed by atoms with Crippen LogP contribution in [-0.4, -0.2) is 31.1 Å². The summed E-state index contributed by atoms with van der Waals surface area (Å²) in [7, 11) is 1.93. The molecule has 0 fully saturated rings. The Hall–Kier alpha value is -2.39. The van der Waals surface area contributed by atoms with Crippen LogP contribution in [0.5, 0.6) is 0 Å². The normalized spacial score (nSPS) is 10.9. The van der Waals surface area contributed by atoms with Gasteiger partial charge in [-0.1, -0.05) is 48.0 Å². The smallest absolute Gasteiger partial charge is 0.185 e. The summed E-state index contributed by atoms with van der Waals surface area (Å²) in [5, 5.41) is 8.93. The van der Waals surface area contributed by atoms with E-state index in [1.54, 1.807) is 6.08 Å². The Labute approximate surface area is 131 Å². The van der Waals surface area contributed by atoms with E-state index in [-0.39, 0.29) is 12.4 Å². The van der Waals surface area contributed by atoms with E-state index in [0.717, 1.165) is 16.8 Å². The van der Waals surface area contributed by atoms with E-state index in [9.17, 15) is 4.79 Å². The largest absolute Gasteiger partial charge is 0.395 e. The molecule has 0 heterocycles. The zero-order valence-corrected chi connectivity index (χ0v) is 13.0. The molecular weight excluding hydrogens is 274 g/mol. The van der Waals surface area contributed by atoms with Crippen molar-refractivity contribution in [1.29, 1.82) is 0 Å². The number of hydrogen-bond donors (Lipinski definition) is 1. The van der Waals surface area contributed by atoms with Crippen molar-refractivity contribution >= 4 is 17.5 Å². The molecule has 2 aromatic rings. The van der Waals surface area contributed by atoms with E-state index in [1.165, 1.54) is 0 Å². The van der Waals surface area contributed by atoms with Gasteiger partial charge in [0.25, 0.3) is 0 Å². The summed E-state index contributed by atoms with van der Waals surface area (Å²) >= 11 is 0. The number of likely N-dealkylation sites (N-methyl/N-ethyl adjacent to an activating group) is 1. The van der Waals surface area contributed by atoms with Gasteiger partial charge in [-0.2, -0.15) is 0 Å². The van der Waals surface area contributed by atoms with Crippen molar-refractivity contribution in [3.63, 3.8) is 0 Å². The molecule has 0 spiro atoms. The molecular formula is C19H21NO2. The SMILES string of the molecule is Cc1ccc(C(=O)/C=C/c2ccc(N(C)CCO)cc2)cc1. The van der Waals surface area contributed by atoms with Crippen LogP contribution < -0.4 is 4.90 Å². The van der Waals surface area contributed by atoms with Crippen molar-refractivity contribution in [3.8, 4) is 0 Å². The lowest BCUT2D eigenvalue weighted by Crippen LogP contribution is -2.20. The number of ketones is 1. The van der Waals surface area contributed by atoms with E-state index < -0.39 is 0 Å². The minimum atomic E-state index is 0.00137. The van der Waals surface area contributed by atoms with Gasteiger partial charge < -0.3 is 10.0 Å². The van der Waals surface area contributed by atoms with Crippen LogP contribution in [0, 0.1) is 6.92 Å². The Kier molecular flexibility index (Phi) is 5.50. The summed E-state index contributed by atoms with van der Waals surface area (Å²) < 4.78 is 0. The minimum Gasteiger partial charge on any atom is -0.395 e. The number of carbonyl (C=O) groups is 1. The van der Waals surface area contributed by atoms with Crippen LogP contribution in [0.25, 0.3) is 6.08 Å². The average Bonchev–Trinajstić information content (AvgIpc) is 2.54. The van der Waals surface area contributed by atoms with Gasteiger partial charge in [-0.3, -0.25) is 4.79 Å². The summed E-state index contributed by atoms with van der Waals surface area (Å²) in [5.74, 6) is 0.00137. The molecule has 0 saturated heterocycles. The first-order valence-corrected chi connectivity index (χ1v) is 7.31. The number of aliphatic hydroxyl groups is 1. The molecule has 0 atom stereocenters. The Morgan fingerprint density at radius 1 is 1.09 bits per heavy atom. The number of carbonyl (C=O) groups excluding carboxylic acids is 1. The Bertz CT molecular complexity index is 642. The highest BCUT2D eigenvalue weighted by molar-refractivity contribution is 6.06. The number of aryl methyl sites for hydroxylation is 1. The highest BCUT2D eigenvalue weighted by Crippen LogP contribution is 2.15. The van der Waals surface area contributed by atoms with Gasteiger partial charge in [0.15, 0.2) is 5.78 Å². The zero-order chi connectivity index (χ0) is 15.9. The van der Waals surface area contributed by atoms with Crippen LogP contribution in [0.1, 0.15) is 21.5 Å². The van der Waals surface area contributed by atoms with Gasteiger partial charge in [-0.05, 0) is 30.7 Å². The number of allylic oxidation sites excluding steroid dienone is 1. The molecule has 2 rings (SSSR count). The summed E-state index contributed by atoms with van der Waals surface area (Å²) in [4.78, 5) is 14.0. The average molecular weight is 295 g/mol. The van der Waals surface area contributed by atoms with Gasteiger partial charge in [0, 0.05) is 24.8 Å². The lowest BCUT2D eigenvalue weighted by Gasteiger charge is -2.17. The molecule has 22 heavy (non-hydrogen) atoms. The van der Waals surface area contributed by atoms with Crippen LogP contribution >= 0.6 is 0 Å². The molecule has 2 aromatic carbocycles. The topological polar surface area (TPSA) is 40.5 Å². The number of rotatable bonds is 6. The van der Waals surface area contributed by atoms with E-state index >= 15 is 0 Å². The zero-order valence-electron chi connectivity index (χ0n) is 13.0. The molecule has 0 radical (unpaired) electrons. The molecule has 3 nitrogen and oxygen atoms in total. The van der Waals surface area contributed by atoms with Gasteiger partial charge in [0.05, 0.1) is 6.61 Å². The Balaban J connectivity index is 2.03. The first-order valence-electron chi connectivity index (χ1n) is 7.31. The van der Waals surface area contributed by atoms with Crippen molar-refractivity contribution in [1.82, 2.24) is 0 Å². The number of hydrogen-bond acceptors (Lipinski definition) is 3. The van der Waals surface area contributed by atoms with Gasteiger partial charge in [-0.25, -0.2) is 0 Å². The van der Waals surface area contributed by atoms with Crippen LogP contribution in [0.3, 0.4) is 0 Å². The molecule has 0 aliphatic heterocycles. The molecule has 0 aromatic heterocycles. The summed E-state index contributed by atoms with van der Waals surface area (Å²) in [6.45, 7) is 2.73. The molecule has 3 heteroatoms. The molecule has 0 aliphatic carbocycles. The second kappa shape index (κ2) is 7.57. The lowest BCUT2D eigenvalue weighted by molar-refractivity contribution is 0.104. The van der Waals surface area contributed by atoms with E-state index in [1.807, 2.05) is 73.5 Å². The van der Waals surface area contributed by atoms with Crippen molar-refractivity contribution < 1.29 is 9.90 Å². The fourth-order valence-electron chi connectivity index (χ4n) is 2.10. The van der Waals surface area contributed by atoms with Gasteiger partial charge in [-0.15, -0.1) is 0 Å². The van der Waals surface area contributed by atoms with Crippen molar-refractivity contribution in [3.05, 3.63) is 71.3 Å². The molecule has 114 valence electrons. The van der Waals surface area contributed by atoms with E-state index in [0.29, 0.717) is 12.1 Å². The molecule has 0 unspecified atom stereocenters. The van der Waals surface area contributed by atoms with E-state index in [2.05, 4.69) is 0 Å². The predicted molar refractivity (Wildman–Crippen MR) is 91.3 cm³/mol. The number of benzene rings is 2.